The molecule has 92 valence electrons. The van der Waals surface area contributed by atoms with Crippen molar-refractivity contribution in [2.75, 3.05) is 0 Å². The summed E-state index contributed by atoms with van der Waals surface area (Å²) in [5.41, 5.74) is 0.970. The third-order valence-corrected chi connectivity index (χ3v) is 4.07. The predicted octanol–water partition coefficient (Wildman–Crippen LogP) is 3.41. The van der Waals surface area contributed by atoms with Crippen LogP contribution in [-0.4, -0.2) is 0 Å². The second-order valence-electron chi connectivity index (χ2n) is 3.53. The third-order valence-electron chi connectivity index (χ3n) is 2.36. The molecule has 0 saturated carbocycles. The normalized spacial score (nSPS) is 12.4. The highest BCUT2D eigenvalue weighted by Gasteiger charge is 2.20. The summed E-state index contributed by atoms with van der Waals surface area (Å²) < 4.78 is 1.67. The molecule has 2 rings (SSSR count). The highest BCUT2D eigenvalue weighted by atomic mass is 35.9. The van der Waals surface area contributed by atoms with E-state index in [4.69, 9.17) is 22.5 Å². The summed E-state index contributed by atoms with van der Waals surface area (Å²) in [5, 5.41) is 12.4. The Morgan fingerprint density at radius 1 is 0.944 bits per heavy atom. The van der Waals surface area contributed by atoms with E-state index >= 15 is 0 Å². The Morgan fingerprint density at radius 2 is 1.50 bits per heavy atom. The number of nitrogens with zero attached hydrogens (tertiary/aromatic N) is 1. The van der Waals surface area contributed by atoms with Crippen LogP contribution in [0.25, 0.3) is 11.2 Å². The van der Waals surface area contributed by atoms with Crippen molar-refractivity contribution in [1.29, 1.82) is 0 Å². The van der Waals surface area contributed by atoms with Crippen LogP contribution in [0.5, 0.6) is 0 Å². The lowest BCUT2D eigenvalue weighted by Crippen LogP contribution is -2.32. The number of pyridine rings is 1. The van der Waals surface area contributed by atoms with Crippen molar-refractivity contribution in [3.63, 3.8) is 0 Å². The van der Waals surface area contributed by atoms with Crippen molar-refractivity contribution >= 4 is 40.3 Å². The molecule has 2 aromatic rings. The fraction of sp³-hybridized carbons (Fsp3) is 0. The van der Waals surface area contributed by atoms with Crippen molar-refractivity contribution in [2.24, 2.45) is 0 Å². The Labute approximate surface area is 116 Å². The molecule has 0 amide bonds. The van der Waals surface area contributed by atoms with Crippen molar-refractivity contribution in [3.8, 4) is 0 Å². The Balaban J connectivity index is 2.55. The van der Waals surface area contributed by atoms with Crippen molar-refractivity contribution in [1.82, 2.24) is 0 Å². The van der Waals surface area contributed by atoms with Gasteiger partial charge in [-0.25, -0.2) is 0 Å². The Bertz CT molecular complexity index is 543. The smallest absolute Gasteiger partial charge is 0.231 e. The first-order valence-corrected chi connectivity index (χ1v) is 8.40. The highest BCUT2D eigenvalue weighted by molar-refractivity contribution is 8.10. The first kappa shape index (κ1) is 13.4. The molecule has 0 aliphatic rings. The van der Waals surface area contributed by atoms with E-state index in [1.807, 2.05) is 36.4 Å². The average Bonchev–Trinajstić information content (AvgIpc) is 2.40. The van der Waals surface area contributed by atoms with Crippen LogP contribution in [-0.2, 0) is 0 Å². The van der Waals surface area contributed by atoms with Gasteiger partial charge in [0.25, 0.3) is 0 Å². The molecule has 0 aliphatic heterocycles. The predicted molar refractivity (Wildman–Crippen MR) is 74.8 cm³/mol. The molecule has 5 heteroatoms. The van der Waals surface area contributed by atoms with Crippen LogP contribution in [0.3, 0.4) is 0 Å². The van der Waals surface area contributed by atoms with Crippen molar-refractivity contribution in [3.05, 3.63) is 66.5 Å². The van der Waals surface area contributed by atoms with Gasteiger partial charge in [-0.15, -0.1) is 0 Å². The topological polar surface area (TPSA) is 26.9 Å². The Kier molecular flexibility index (Phi) is 4.60. The van der Waals surface area contributed by atoms with E-state index in [9.17, 15) is 5.11 Å². The third kappa shape index (κ3) is 3.02. The van der Waals surface area contributed by atoms with E-state index < -0.39 is 6.63 Å². The number of rotatable bonds is 3. The van der Waals surface area contributed by atoms with Crippen LogP contribution >= 0.6 is 29.1 Å². The molecule has 1 aromatic heterocycles. The van der Waals surface area contributed by atoms with Gasteiger partial charge in [0, 0.05) is 12.1 Å². The minimum absolute atomic E-state index is 0.150. The highest BCUT2D eigenvalue weighted by Crippen LogP contribution is 2.56. The minimum atomic E-state index is -1.53. The Morgan fingerprint density at radius 3 is 2.06 bits per heavy atom. The summed E-state index contributed by atoms with van der Waals surface area (Å²) in [7, 11) is 0. The number of benzene rings is 1. The first-order valence-electron chi connectivity index (χ1n) is 5.25. The van der Waals surface area contributed by atoms with Gasteiger partial charge in [-0.3, -0.25) is 0 Å². The maximum Gasteiger partial charge on any atom is 0.231 e. The quantitative estimate of drug-likeness (QED) is 0.484. The number of hydrogen-bond acceptors (Lipinski definition) is 1. The van der Waals surface area contributed by atoms with Gasteiger partial charge in [0.2, 0.25) is 5.44 Å². The molecule has 0 fully saturated rings. The van der Waals surface area contributed by atoms with Crippen LogP contribution < -0.4 is 9.67 Å². The van der Waals surface area contributed by atoms with E-state index in [0.717, 1.165) is 0 Å². The summed E-state index contributed by atoms with van der Waals surface area (Å²) in [4.78, 5) is 0. The van der Waals surface area contributed by atoms with Gasteiger partial charge in [0.15, 0.2) is 19.0 Å². The van der Waals surface area contributed by atoms with E-state index in [-0.39, 0.29) is 5.76 Å². The summed E-state index contributed by atoms with van der Waals surface area (Å²) >= 11 is 11.9. The molecule has 0 bridgehead atoms. The van der Waals surface area contributed by atoms with Crippen LogP contribution in [0.15, 0.2) is 60.9 Å². The molecule has 0 saturated heterocycles. The van der Waals surface area contributed by atoms with Gasteiger partial charge in [0.05, 0.1) is 0 Å². The van der Waals surface area contributed by atoms with Gasteiger partial charge in [-0.2, -0.15) is 4.57 Å². The largest absolute Gasteiger partial charge is 0.867 e. The maximum atomic E-state index is 12.4. The van der Waals surface area contributed by atoms with E-state index in [2.05, 4.69) is 0 Å². The van der Waals surface area contributed by atoms with E-state index in [0.29, 0.717) is 11.0 Å². The molecule has 18 heavy (non-hydrogen) atoms. The zero-order valence-corrected chi connectivity index (χ0v) is 11.7. The van der Waals surface area contributed by atoms with Crippen molar-refractivity contribution in [2.45, 2.75) is 0 Å². The van der Waals surface area contributed by atoms with Gasteiger partial charge < -0.3 is 5.11 Å². The van der Waals surface area contributed by atoms with Gasteiger partial charge in [0.1, 0.15) is 0 Å². The molecule has 0 aliphatic carbocycles. The van der Waals surface area contributed by atoms with E-state index in [1.165, 1.54) is 0 Å². The standard InChI is InChI=1S/C13H10Cl2NOP/c14-18(15)13(16-9-5-2-6-10-16)12(17)11-7-3-1-4-8-11/h1-10H/b13-12+. The summed E-state index contributed by atoms with van der Waals surface area (Å²) in [6.07, 6.45) is 3.52. The maximum absolute atomic E-state index is 12.4. The monoisotopic (exact) mass is 297 g/mol. The Hall–Kier alpha value is -1.08. The van der Waals surface area contributed by atoms with Gasteiger partial charge in [-0.05, 0) is 11.3 Å². The number of halogens is 2. The minimum Gasteiger partial charge on any atom is -0.867 e. The molecule has 0 N–H and O–H groups in total. The van der Waals surface area contributed by atoms with Gasteiger partial charge >= 0.3 is 0 Å². The lowest BCUT2D eigenvalue weighted by Gasteiger charge is -2.15. The summed E-state index contributed by atoms with van der Waals surface area (Å²) in [5.74, 6) is -0.150. The van der Waals surface area contributed by atoms with E-state index in [1.54, 1.807) is 29.1 Å². The molecular formula is C13H10Cl2NOP. The summed E-state index contributed by atoms with van der Waals surface area (Å²) in [6, 6.07) is 14.5. The molecular weight excluding hydrogens is 288 g/mol. The SMILES string of the molecule is [O-]/C(=C(\[n+]1ccccc1)P(Cl)Cl)c1ccccc1. The van der Waals surface area contributed by atoms with Crippen LogP contribution in [0, 0.1) is 0 Å². The molecule has 1 aromatic carbocycles. The summed E-state index contributed by atoms with van der Waals surface area (Å²) in [6.45, 7) is -1.53. The molecule has 0 atom stereocenters. The zero-order chi connectivity index (χ0) is 13.0. The second-order valence-corrected chi connectivity index (χ2v) is 6.97. The molecule has 2 nitrogen and oxygen atoms in total. The lowest BCUT2D eigenvalue weighted by molar-refractivity contribution is -0.575. The fourth-order valence-corrected chi connectivity index (χ4v) is 3.11. The van der Waals surface area contributed by atoms with Crippen molar-refractivity contribution < 1.29 is 9.67 Å². The second kappa shape index (κ2) is 6.19. The molecule has 0 radical (unpaired) electrons. The van der Waals surface area contributed by atoms with Crippen LogP contribution in [0.4, 0.5) is 0 Å². The first-order chi connectivity index (χ1) is 8.70. The molecule has 1 heterocycles. The lowest BCUT2D eigenvalue weighted by atomic mass is 10.2. The van der Waals surface area contributed by atoms with Gasteiger partial charge in [-0.1, -0.05) is 58.9 Å². The fourth-order valence-electron chi connectivity index (χ4n) is 1.54. The number of aromatic nitrogens is 1. The number of hydrogen-bond donors (Lipinski definition) is 0. The average molecular weight is 298 g/mol. The van der Waals surface area contributed by atoms with Crippen LogP contribution in [0.2, 0.25) is 0 Å². The molecule has 0 spiro atoms. The van der Waals surface area contributed by atoms with Crippen LogP contribution in [0.1, 0.15) is 5.56 Å². The molecule has 0 unspecified atom stereocenters. The zero-order valence-electron chi connectivity index (χ0n) is 9.33.